The van der Waals surface area contributed by atoms with E-state index in [-0.39, 0.29) is 24.8 Å². The van der Waals surface area contributed by atoms with Gasteiger partial charge in [-0.2, -0.15) is 48.0 Å². The SMILES string of the molecule is C[C](=[Zr+2])C12CC3CC(CC(C3)C1)C2.[Cl-].[Cl-].[c-]1cccc2c1Cc1ccccc1-2.c1cc[cH-]c1. The first-order chi connectivity index (χ1) is 15.1. The van der Waals surface area contributed by atoms with Crippen molar-refractivity contribution in [2.75, 3.05) is 0 Å². The summed E-state index contributed by atoms with van der Waals surface area (Å²) in [5.41, 5.74) is 6.27. The van der Waals surface area contributed by atoms with Crippen molar-refractivity contribution in [3.05, 3.63) is 90.0 Å². The summed E-state index contributed by atoms with van der Waals surface area (Å²) in [7, 11) is 0. The maximum Gasteiger partial charge on any atom is -0.0253 e. The van der Waals surface area contributed by atoms with E-state index in [1.807, 2.05) is 39.6 Å². The van der Waals surface area contributed by atoms with Crippen LogP contribution in [0.1, 0.15) is 56.6 Å². The number of rotatable bonds is 1. The molecule has 0 heterocycles. The van der Waals surface area contributed by atoms with E-state index < -0.39 is 0 Å². The fourth-order valence-electron chi connectivity index (χ4n) is 6.89. The molecule has 0 saturated heterocycles. The molecule has 0 spiro atoms. The van der Waals surface area contributed by atoms with Gasteiger partial charge in [0.2, 0.25) is 0 Å². The van der Waals surface area contributed by atoms with E-state index in [2.05, 4.69) is 49.4 Å². The van der Waals surface area contributed by atoms with E-state index in [1.165, 1.54) is 22.3 Å². The van der Waals surface area contributed by atoms with Gasteiger partial charge in [0.1, 0.15) is 0 Å². The smallest absolute Gasteiger partial charge is 0.0253 e. The van der Waals surface area contributed by atoms with Crippen molar-refractivity contribution < 1.29 is 49.0 Å². The molecule has 0 aliphatic heterocycles. The Labute approximate surface area is 227 Å². The maximum atomic E-state index is 3.30. The molecular formula is C30H32Cl2Zr-2. The summed E-state index contributed by atoms with van der Waals surface area (Å²) in [5, 5.41) is 0. The average molecular weight is 555 g/mol. The minimum Gasteiger partial charge on any atom is -1.00 e. The van der Waals surface area contributed by atoms with Crippen LogP contribution in [0.15, 0.2) is 72.8 Å². The summed E-state index contributed by atoms with van der Waals surface area (Å²) in [6, 6.07) is 28.1. The molecule has 5 aliphatic rings. The Morgan fingerprint density at radius 1 is 0.848 bits per heavy atom. The molecule has 5 aliphatic carbocycles. The minimum atomic E-state index is 0. The van der Waals surface area contributed by atoms with Gasteiger partial charge in [-0.15, -0.1) is 5.56 Å². The largest absolute Gasteiger partial charge is 1.00 e. The number of hydrogen-bond donors (Lipinski definition) is 0. The molecule has 4 bridgehead atoms. The van der Waals surface area contributed by atoms with E-state index >= 15 is 0 Å². The third kappa shape index (κ3) is 5.86. The van der Waals surface area contributed by atoms with Crippen LogP contribution in [0, 0.1) is 29.2 Å². The van der Waals surface area contributed by atoms with Gasteiger partial charge < -0.3 is 24.8 Å². The molecule has 33 heavy (non-hydrogen) atoms. The summed E-state index contributed by atoms with van der Waals surface area (Å²) in [4.78, 5) is 0. The van der Waals surface area contributed by atoms with Gasteiger partial charge in [-0.1, -0.05) is 35.4 Å². The van der Waals surface area contributed by atoms with Crippen molar-refractivity contribution in [3.63, 3.8) is 0 Å². The summed E-state index contributed by atoms with van der Waals surface area (Å²) in [6.07, 6.45) is 10.5. The van der Waals surface area contributed by atoms with Crippen LogP contribution in [0.5, 0.6) is 0 Å². The summed E-state index contributed by atoms with van der Waals surface area (Å²) >= 11 is 1.71. The molecule has 0 nitrogen and oxygen atoms in total. The van der Waals surface area contributed by atoms with Crippen LogP contribution >= 0.6 is 0 Å². The molecule has 0 atom stereocenters. The number of hydrogen-bond acceptors (Lipinski definition) is 0. The molecule has 0 radical (unpaired) electrons. The fraction of sp³-hybridized carbons (Fsp3) is 0.400. The normalized spacial score (nSPS) is 26.8. The third-order valence-electron chi connectivity index (χ3n) is 8.01. The molecule has 3 heteroatoms. The van der Waals surface area contributed by atoms with E-state index in [0.717, 1.165) is 29.6 Å². The van der Waals surface area contributed by atoms with E-state index in [9.17, 15) is 0 Å². The Morgan fingerprint density at radius 3 is 1.97 bits per heavy atom. The van der Waals surface area contributed by atoms with Crippen molar-refractivity contribution in [3.8, 4) is 11.1 Å². The molecule has 4 saturated carbocycles. The second-order valence-corrected chi connectivity index (χ2v) is 12.0. The van der Waals surface area contributed by atoms with Gasteiger partial charge >= 0.3 is 96.1 Å². The van der Waals surface area contributed by atoms with Crippen LogP contribution in [0.3, 0.4) is 0 Å². The van der Waals surface area contributed by atoms with Gasteiger partial charge in [-0.05, 0) is 6.42 Å². The van der Waals surface area contributed by atoms with Crippen LogP contribution in [-0.4, -0.2) is 3.21 Å². The second-order valence-electron chi connectivity index (χ2n) is 10.2. The molecule has 0 unspecified atom stereocenters. The first-order valence-corrected chi connectivity index (χ1v) is 13.2. The number of fused-ring (bicyclic) bond motifs is 3. The van der Waals surface area contributed by atoms with Gasteiger partial charge in [0, 0.05) is 0 Å². The maximum absolute atomic E-state index is 3.30. The van der Waals surface area contributed by atoms with E-state index in [0.29, 0.717) is 0 Å². The Hall–Kier alpha value is -0.877. The van der Waals surface area contributed by atoms with Crippen molar-refractivity contribution in [2.24, 2.45) is 23.2 Å². The summed E-state index contributed by atoms with van der Waals surface area (Å²) in [6.45, 7) is 2.42. The first-order valence-electron chi connectivity index (χ1n) is 11.9. The summed E-state index contributed by atoms with van der Waals surface area (Å²) < 4.78 is 1.83. The molecule has 0 N–H and O–H groups in total. The van der Waals surface area contributed by atoms with Gasteiger partial charge in [0.15, 0.2) is 0 Å². The zero-order valence-corrected chi connectivity index (χ0v) is 23.3. The summed E-state index contributed by atoms with van der Waals surface area (Å²) in [5.74, 6) is 3.38. The molecule has 0 amide bonds. The van der Waals surface area contributed by atoms with E-state index in [4.69, 9.17) is 0 Å². The van der Waals surface area contributed by atoms with Crippen LogP contribution in [-0.2, 0) is 30.7 Å². The molecule has 3 aromatic rings. The monoisotopic (exact) mass is 552 g/mol. The van der Waals surface area contributed by atoms with Crippen molar-refractivity contribution >= 4 is 3.21 Å². The Bertz CT molecular complexity index is 941. The third-order valence-corrected chi connectivity index (χ3v) is 9.31. The van der Waals surface area contributed by atoms with Gasteiger partial charge in [0.25, 0.3) is 0 Å². The second kappa shape index (κ2) is 11.7. The molecule has 3 aromatic carbocycles. The molecule has 172 valence electrons. The Morgan fingerprint density at radius 2 is 1.42 bits per heavy atom. The zero-order valence-electron chi connectivity index (χ0n) is 19.4. The molecule has 0 aromatic heterocycles. The Kier molecular flexibility index (Phi) is 9.48. The van der Waals surface area contributed by atoms with Crippen LogP contribution in [0.25, 0.3) is 11.1 Å². The van der Waals surface area contributed by atoms with Gasteiger partial charge in [-0.25, -0.2) is 12.1 Å². The van der Waals surface area contributed by atoms with Crippen LogP contribution in [0.2, 0.25) is 0 Å². The Balaban J connectivity index is 0.000000147. The molecular weight excluding hydrogens is 522 g/mol. The number of benzene rings is 2. The fourth-order valence-corrected chi connectivity index (χ4v) is 7.64. The van der Waals surface area contributed by atoms with E-state index in [1.54, 1.807) is 62.8 Å². The van der Waals surface area contributed by atoms with Crippen molar-refractivity contribution in [1.82, 2.24) is 0 Å². The van der Waals surface area contributed by atoms with Crippen molar-refractivity contribution in [1.29, 1.82) is 0 Å². The zero-order chi connectivity index (χ0) is 21.3. The predicted molar refractivity (Wildman–Crippen MR) is 127 cm³/mol. The van der Waals surface area contributed by atoms with Gasteiger partial charge in [-0.3, -0.25) is 0 Å². The van der Waals surface area contributed by atoms with Crippen LogP contribution in [0.4, 0.5) is 0 Å². The van der Waals surface area contributed by atoms with Crippen LogP contribution < -0.4 is 24.8 Å². The molecule has 8 rings (SSSR count). The first kappa shape index (κ1) is 26.7. The topological polar surface area (TPSA) is 0 Å². The molecule has 4 fully saturated rings. The predicted octanol–water partition coefficient (Wildman–Crippen LogP) is 1.41. The van der Waals surface area contributed by atoms with Gasteiger partial charge in [0.05, 0.1) is 0 Å². The average Bonchev–Trinajstić information content (AvgIpc) is 3.45. The number of halogens is 2. The quantitative estimate of drug-likeness (QED) is 0.313. The minimum absolute atomic E-state index is 0. The van der Waals surface area contributed by atoms with Crippen molar-refractivity contribution in [2.45, 2.75) is 51.9 Å². The standard InChI is InChI=1S/C13H9.C12H18.C5H5.2ClH.Zr/c1-3-7-12-10(5-1)9-11-6-2-4-8-13(11)12;1-2-12-6-9-3-10(7-12)5-11(4-9)8-12;1-2-4-5-3-1;;;/h1-5,7-8H,9H2;9-11H,3-8H2,1H3;1-5H;2*1H;/q-1;;-1;;;+2/p-2.